The lowest BCUT2D eigenvalue weighted by atomic mass is 9.89. The van der Waals surface area contributed by atoms with Gasteiger partial charge in [0, 0.05) is 18.8 Å². The largest absolute Gasteiger partial charge is 0.491 e. The molecule has 3 N–H and O–H groups in total. The van der Waals surface area contributed by atoms with Crippen molar-refractivity contribution in [2.75, 3.05) is 13.2 Å². The summed E-state index contributed by atoms with van der Waals surface area (Å²) in [5.74, 6) is -0.0948. The maximum absolute atomic E-state index is 10.8. The predicted octanol–water partition coefficient (Wildman–Crippen LogP) is 2.56. The van der Waals surface area contributed by atoms with E-state index >= 15 is 0 Å². The van der Waals surface area contributed by atoms with Crippen LogP contribution in [0.3, 0.4) is 0 Å². The standard InChI is InChI=1S/C22H28O6/c23-16(14-27-17-4-2-1-3-5-17)8-10-18-19-9-6-15(7-11-22(25)26)13-28-21(19)12-20(18)24/h1-6,8,10,16,18-21,23-24H,7,9,11-14H2,(H,25,26)/t16-,18-,19-,20-,21+/m1/s1. The van der Waals surface area contributed by atoms with Crippen molar-refractivity contribution >= 4 is 5.97 Å². The topological polar surface area (TPSA) is 96.2 Å². The Morgan fingerprint density at radius 1 is 1.32 bits per heavy atom. The highest BCUT2D eigenvalue weighted by Crippen LogP contribution is 2.40. The van der Waals surface area contributed by atoms with E-state index in [4.69, 9.17) is 14.6 Å². The quantitative estimate of drug-likeness (QED) is 0.593. The van der Waals surface area contributed by atoms with Gasteiger partial charge in [0.2, 0.25) is 0 Å². The van der Waals surface area contributed by atoms with Gasteiger partial charge >= 0.3 is 5.97 Å². The van der Waals surface area contributed by atoms with E-state index in [9.17, 15) is 15.0 Å². The van der Waals surface area contributed by atoms with E-state index in [0.717, 1.165) is 12.0 Å². The molecule has 1 aliphatic carbocycles. The monoisotopic (exact) mass is 388 g/mol. The third kappa shape index (κ3) is 5.67. The zero-order chi connectivity index (χ0) is 19.9. The first-order chi connectivity index (χ1) is 13.5. The Labute approximate surface area is 165 Å². The molecule has 0 unspecified atom stereocenters. The normalized spacial score (nSPS) is 28.4. The second-order valence-electron chi connectivity index (χ2n) is 7.46. The summed E-state index contributed by atoms with van der Waals surface area (Å²) in [5.41, 5.74) is 1.00. The van der Waals surface area contributed by atoms with Gasteiger partial charge in [-0.15, -0.1) is 0 Å². The Morgan fingerprint density at radius 3 is 2.86 bits per heavy atom. The van der Waals surface area contributed by atoms with Crippen molar-refractivity contribution in [3.05, 3.63) is 54.1 Å². The smallest absolute Gasteiger partial charge is 0.303 e. The molecule has 0 saturated heterocycles. The van der Waals surface area contributed by atoms with E-state index in [2.05, 4.69) is 6.08 Å². The number of carboxylic acids is 1. The molecule has 0 bridgehead atoms. The van der Waals surface area contributed by atoms with E-state index in [0.29, 0.717) is 25.2 Å². The van der Waals surface area contributed by atoms with Gasteiger partial charge in [0.15, 0.2) is 0 Å². The number of aliphatic hydroxyl groups excluding tert-OH is 2. The number of hydrogen-bond donors (Lipinski definition) is 3. The molecular weight excluding hydrogens is 360 g/mol. The number of ether oxygens (including phenoxy) is 2. The molecule has 0 radical (unpaired) electrons. The average Bonchev–Trinajstić information content (AvgIpc) is 2.85. The molecule has 1 aromatic rings. The van der Waals surface area contributed by atoms with Crippen molar-refractivity contribution in [2.45, 2.75) is 44.0 Å². The molecule has 0 amide bonds. The number of aliphatic carboxylic acids is 1. The van der Waals surface area contributed by atoms with Gasteiger partial charge in [-0.25, -0.2) is 0 Å². The zero-order valence-electron chi connectivity index (χ0n) is 15.8. The second kappa shape index (κ2) is 9.87. The fourth-order valence-electron chi connectivity index (χ4n) is 3.90. The van der Waals surface area contributed by atoms with Gasteiger partial charge < -0.3 is 24.8 Å². The van der Waals surface area contributed by atoms with Crippen LogP contribution in [0.15, 0.2) is 54.1 Å². The van der Waals surface area contributed by atoms with Crippen LogP contribution in [0, 0.1) is 11.8 Å². The van der Waals surface area contributed by atoms with Crippen LogP contribution in [-0.4, -0.2) is 52.8 Å². The summed E-state index contributed by atoms with van der Waals surface area (Å²) in [6, 6.07) is 9.31. The molecule has 2 aliphatic rings. The van der Waals surface area contributed by atoms with Crippen LogP contribution < -0.4 is 4.74 Å². The van der Waals surface area contributed by atoms with Gasteiger partial charge in [-0.05, 0) is 36.5 Å². The summed E-state index contributed by atoms with van der Waals surface area (Å²) in [7, 11) is 0. The van der Waals surface area contributed by atoms with E-state index < -0.39 is 18.2 Å². The molecule has 0 spiro atoms. The SMILES string of the molecule is O=C(O)CCC1=CC[C@@H]2[C@@H](C=C[C@@H](O)COc3ccccc3)[C@H](O)C[C@@H]2OC1. The molecule has 6 heteroatoms. The van der Waals surface area contributed by atoms with Crippen molar-refractivity contribution in [3.8, 4) is 5.75 Å². The lowest BCUT2D eigenvalue weighted by molar-refractivity contribution is -0.137. The molecule has 6 nitrogen and oxygen atoms in total. The maximum Gasteiger partial charge on any atom is 0.303 e. The highest BCUT2D eigenvalue weighted by atomic mass is 16.5. The van der Waals surface area contributed by atoms with Crippen LogP contribution in [0.25, 0.3) is 0 Å². The van der Waals surface area contributed by atoms with Gasteiger partial charge in [0.25, 0.3) is 0 Å². The summed E-state index contributed by atoms with van der Waals surface area (Å²) in [6.07, 6.45) is 6.16. The maximum atomic E-state index is 10.8. The van der Waals surface area contributed by atoms with Crippen molar-refractivity contribution < 1.29 is 29.6 Å². The molecule has 1 fully saturated rings. The van der Waals surface area contributed by atoms with Gasteiger partial charge in [-0.1, -0.05) is 36.4 Å². The van der Waals surface area contributed by atoms with E-state index in [-0.39, 0.29) is 31.0 Å². The Bertz CT molecular complexity index is 698. The lowest BCUT2D eigenvalue weighted by Gasteiger charge is -2.20. The minimum Gasteiger partial charge on any atom is -0.491 e. The molecule has 1 aromatic carbocycles. The third-order valence-corrected chi connectivity index (χ3v) is 5.43. The Morgan fingerprint density at radius 2 is 2.11 bits per heavy atom. The number of hydrogen-bond acceptors (Lipinski definition) is 5. The van der Waals surface area contributed by atoms with Crippen LogP contribution in [-0.2, 0) is 9.53 Å². The number of benzene rings is 1. The summed E-state index contributed by atoms with van der Waals surface area (Å²) in [5, 5.41) is 29.5. The van der Waals surface area contributed by atoms with Crippen LogP contribution in [0.4, 0.5) is 0 Å². The van der Waals surface area contributed by atoms with Crippen LogP contribution >= 0.6 is 0 Å². The van der Waals surface area contributed by atoms with E-state index in [1.54, 1.807) is 6.08 Å². The molecule has 1 heterocycles. The minimum atomic E-state index is -0.812. The molecule has 28 heavy (non-hydrogen) atoms. The molecule has 152 valence electrons. The molecular formula is C22H28O6. The van der Waals surface area contributed by atoms with E-state index in [1.807, 2.05) is 36.4 Å². The highest BCUT2D eigenvalue weighted by molar-refractivity contribution is 5.67. The van der Waals surface area contributed by atoms with Gasteiger partial charge in [0.1, 0.15) is 18.5 Å². The first-order valence-electron chi connectivity index (χ1n) is 9.76. The van der Waals surface area contributed by atoms with Crippen LogP contribution in [0.2, 0.25) is 0 Å². The third-order valence-electron chi connectivity index (χ3n) is 5.43. The zero-order valence-corrected chi connectivity index (χ0v) is 15.8. The molecule has 1 aliphatic heterocycles. The van der Waals surface area contributed by atoms with Crippen LogP contribution in [0.1, 0.15) is 25.7 Å². The fraction of sp³-hybridized carbons (Fsp3) is 0.500. The minimum absolute atomic E-state index is 0.0547. The Hall–Kier alpha value is -2.15. The van der Waals surface area contributed by atoms with Crippen LogP contribution in [0.5, 0.6) is 5.75 Å². The highest BCUT2D eigenvalue weighted by Gasteiger charge is 2.42. The first kappa shape index (κ1) is 20.6. The number of para-hydroxylation sites is 1. The van der Waals surface area contributed by atoms with Gasteiger partial charge in [-0.3, -0.25) is 4.79 Å². The molecule has 5 atom stereocenters. The average molecular weight is 388 g/mol. The summed E-state index contributed by atoms with van der Waals surface area (Å²) < 4.78 is 11.5. The van der Waals surface area contributed by atoms with Crippen molar-refractivity contribution in [2.24, 2.45) is 11.8 Å². The molecule has 3 rings (SSSR count). The van der Waals surface area contributed by atoms with Gasteiger partial charge in [-0.2, -0.15) is 0 Å². The molecule has 0 aromatic heterocycles. The lowest BCUT2D eigenvalue weighted by Crippen LogP contribution is -2.22. The first-order valence-corrected chi connectivity index (χ1v) is 9.76. The number of fused-ring (bicyclic) bond motifs is 1. The second-order valence-corrected chi connectivity index (χ2v) is 7.46. The fourth-order valence-corrected chi connectivity index (χ4v) is 3.90. The molecule has 1 saturated carbocycles. The predicted molar refractivity (Wildman–Crippen MR) is 104 cm³/mol. The van der Waals surface area contributed by atoms with Crippen molar-refractivity contribution in [1.82, 2.24) is 0 Å². The number of allylic oxidation sites excluding steroid dienone is 1. The number of carboxylic acid groups (broad SMARTS) is 1. The summed E-state index contributed by atoms with van der Waals surface area (Å²) >= 11 is 0. The van der Waals surface area contributed by atoms with E-state index in [1.165, 1.54) is 0 Å². The summed E-state index contributed by atoms with van der Waals surface area (Å²) in [4.78, 5) is 10.8. The summed E-state index contributed by atoms with van der Waals surface area (Å²) in [6.45, 7) is 0.568. The Balaban J connectivity index is 1.55. The number of aliphatic hydroxyl groups is 2. The van der Waals surface area contributed by atoms with Crippen molar-refractivity contribution in [3.63, 3.8) is 0 Å². The van der Waals surface area contributed by atoms with Crippen molar-refractivity contribution in [1.29, 1.82) is 0 Å². The van der Waals surface area contributed by atoms with Gasteiger partial charge in [0.05, 0.1) is 18.8 Å². The Kier molecular flexibility index (Phi) is 7.25. The number of carbonyl (C=O) groups is 1. The number of rotatable bonds is 8.